The van der Waals surface area contributed by atoms with Gasteiger partial charge in [-0.1, -0.05) is 115 Å². The van der Waals surface area contributed by atoms with Crippen LogP contribution in [0.3, 0.4) is 0 Å². The maximum absolute atomic E-state index is 14.5. The van der Waals surface area contributed by atoms with Gasteiger partial charge in [-0.15, -0.1) is 0 Å². The Balaban J connectivity index is 1.38. The van der Waals surface area contributed by atoms with Crippen molar-refractivity contribution in [3.8, 4) is 0 Å². The van der Waals surface area contributed by atoms with Crippen molar-refractivity contribution in [1.82, 2.24) is 9.13 Å². The summed E-state index contributed by atoms with van der Waals surface area (Å²) in [6, 6.07) is 30.6. The van der Waals surface area contributed by atoms with Gasteiger partial charge < -0.3 is 9.88 Å². The zero-order chi connectivity index (χ0) is 34.4. The van der Waals surface area contributed by atoms with E-state index >= 15 is 0 Å². The number of hydrogen-bond donors (Lipinski definition) is 1. The number of allylic oxidation sites excluding steroid dienone is 1. The number of halogens is 2. The molecule has 1 N–H and O–H groups in total. The second-order valence-corrected chi connectivity index (χ2v) is 14.4. The molecule has 0 saturated carbocycles. The van der Waals surface area contributed by atoms with E-state index in [0.717, 1.165) is 33.3 Å². The molecule has 9 heteroatoms. The minimum atomic E-state index is -0.655. The minimum absolute atomic E-state index is 0.198. The smallest absolute Gasteiger partial charge is 0.271 e. The molecule has 0 radical (unpaired) electrons. The molecular formula is C40H34Cl2N4O2S. The van der Waals surface area contributed by atoms with Crippen molar-refractivity contribution in [3.05, 3.63) is 166 Å². The third-order valence-electron chi connectivity index (χ3n) is 9.12. The Kier molecular flexibility index (Phi) is 8.92. The van der Waals surface area contributed by atoms with E-state index in [9.17, 15) is 9.59 Å². The van der Waals surface area contributed by atoms with Crippen molar-refractivity contribution >= 4 is 63.1 Å². The highest BCUT2D eigenvalue weighted by Crippen LogP contribution is 2.33. The van der Waals surface area contributed by atoms with Crippen molar-refractivity contribution < 1.29 is 4.79 Å². The van der Waals surface area contributed by atoms with Crippen LogP contribution in [0.15, 0.2) is 118 Å². The molecule has 0 saturated heterocycles. The highest BCUT2D eigenvalue weighted by atomic mass is 35.5. The highest BCUT2D eigenvalue weighted by molar-refractivity contribution is 7.07. The molecule has 1 atom stereocenters. The van der Waals surface area contributed by atoms with Gasteiger partial charge in [0.2, 0.25) is 0 Å². The highest BCUT2D eigenvalue weighted by Gasteiger charge is 2.32. The lowest BCUT2D eigenvalue weighted by Gasteiger charge is -2.25. The van der Waals surface area contributed by atoms with Crippen LogP contribution in [-0.4, -0.2) is 15.0 Å². The van der Waals surface area contributed by atoms with E-state index in [1.54, 1.807) is 10.6 Å². The summed E-state index contributed by atoms with van der Waals surface area (Å²) < 4.78 is 4.42. The average molecular weight is 706 g/mol. The maximum atomic E-state index is 14.5. The van der Waals surface area contributed by atoms with E-state index in [1.165, 1.54) is 16.9 Å². The van der Waals surface area contributed by atoms with E-state index in [2.05, 4.69) is 54.9 Å². The van der Waals surface area contributed by atoms with Crippen molar-refractivity contribution in [2.75, 3.05) is 5.32 Å². The molecule has 1 aliphatic rings. The minimum Gasteiger partial charge on any atom is -0.340 e. The van der Waals surface area contributed by atoms with Crippen molar-refractivity contribution in [3.63, 3.8) is 0 Å². The van der Waals surface area contributed by atoms with Crippen LogP contribution in [0.1, 0.15) is 60.7 Å². The van der Waals surface area contributed by atoms with E-state index in [1.807, 2.05) is 79.7 Å². The normalized spacial score (nSPS) is 14.8. The van der Waals surface area contributed by atoms with Gasteiger partial charge in [-0.05, 0) is 72.9 Å². The number of nitrogens with one attached hydrogen (secondary N) is 1. The predicted octanol–water partition coefficient (Wildman–Crippen LogP) is 8.62. The first-order valence-corrected chi connectivity index (χ1v) is 17.7. The zero-order valence-electron chi connectivity index (χ0n) is 27.5. The van der Waals surface area contributed by atoms with Gasteiger partial charge in [-0.25, -0.2) is 4.99 Å². The van der Waals surface area contributed by atoms with Gasteiger partial charge in [0, 0.05) is 44.4 Å². The standard InChI is InChI=1S/C40H34Cl2N4O2S/c1-23(2)26-14-16-27(17-15-26)37-36(38(47)44-30-10-6-5-7-11-30)24(3)43-40-46(37)39(48)35(49-40)21-32-25(4)45(34-13-9-8-12-31(32)34)22-28-18-19-29(41)20-33(28)42/h5-21,23,37H,22H2,1-4H3,(H,44,47)/b35-21-/t37-/m1/s1. The first kappa shape index (κ1) is 32.8. The van der Waals surface area contributed by atoms with E-state index in [-0.39, 0.29) is 11.5 Å². The number of aromatic nitrogens is 2. The summed E-state index contributed by atoms with van der Waals surface area (Å²) in [5.41, 5.74) is 7.43. The molecule has 6 nitrogen and oxygen atoms in total. The number of fused-ring (bicyclic) bond motifs is 2. The van der Waals surface area contributed by atoms with Crippen LogP contribution in [0, 0.1) is 6.92 Å². The van der Waals surface area contributed by atoms with Crippen molar-refractivity contribution in [1.29, 1.82) is 0 Å². The monoisotopic (exact) mass is 704 g/mol. The Morgan fingerprint density at radius 2 is 1.67 bits per heavy atom. The van der Waals surface area contributed by atoms with Gasteiger partial charge in [0.25, 0.3) is 11.5 Å². The van der Waals surface area contributed by atoms with Crippen LogP contribution in [0.2, 0.25) is 10.0 Å². The topological polar surface area (TPSA) is 68.4 Å². The molecule has 246 valence electrons. The van der Waals surface area contributed by atoms with Crippen LogP contribution in [0.4, 0.5) is 5.69 Å². The number of anilines is 1. The Bertz CT molecular complexity index is 2460. The first-order valence-electron chi connectivity index (χ1n) is 16.1. The molecule has 2 aromatic heterocycles. The maximum Gasteiger partial charge on any atom is 0.271 e. The fourth-order valence-corrected chi connectivity index (χ4v) is 8.00. The van der Waals surface area contributed by atoms with E-state index < -0.39 is 6.04 Å². The van der Waals surface area contributed by atoms with Crippen LogP contribution in [-0.2, 0) is 11.3 Å². The Hall–Kier alpha value is -4.69. The number of hydrogen-bond acceptors (Lipinski definition) is 4. The lowest BCUT2D eigenvalue weighted by atomic mass is 9.93. The number of benzene rings is 4. The summed E-state index contributed by atoms with van der Waals surface area (Å²) in [5, 5.41) is 5.24. The largest absolute Gasteiger partial charge is 0.340 e. The molecule has 4 aromatic carbocycles. The summed E-state index contributed by atoms with van der Waals surface area (Å²) in [6.07, 6.45) is 1.96. The molecule has 0 spiro atoms. The Labute approximate surface area is 298 Å². The first-order chi connectivity index (χ1) is 23.6. The molecule has 1 aliphatic heterocycles. The molecule has 7 rings (SSSR count). The fraction of sp³-hybridized carbons (Fsp3) is 0.175. The average Bonchev–Trinajstić information content (AvgIpc) is 3.53. The lowest BCUT2D eigenvalue weighted by Crippen LogP contribution is -2.40. The van der Waals surface area contributed by atoms with Crippen LogP contribution in [0.5, 0.6) is 0 Å². The Morgan fingerprint density at radius 1 is 0.959 bits per heavy atom. The van der Waals surface area contributed by atoms with E-state index in [4.69, 9.17) is 28.2 Å². The molecule has 1 amide bonds. The van der Waals surface area contributed by atoms with Crippen LogP contribution in [0.25, 0.3) is 17.0 Å². The van der Waals surface area contributed by atoms with Gasteiger partial charge in [-0.3, -0.25) is 14.2 Å². The summed E-state index contributed by atoms with van der Waals surface area (Å²) in [7, 11) is 0. The number of nitrogens with zero attached hydrogens (tertiary/aromatic N) is 3. The molecule has 0 bridgehead atoms. The molecule has 0 fully saturated rings. The molecule has 6 aromatic rings. The van der Waals surface area contributed by atoms with E-state index in [0.29, 0.717) is 48.8 Å². The summed E-state index contributed by atoms with van der Waals surface area (Å²) in [5.74, 6) is 0.0506. The summed E-state index contributed by atoms with van der Waals surface area (Å²) >= 11 is 14.1. The van der Waals surface area contributed by atoms with Gasteiger partial charge in [0.1, 0.15) is 0 Å². The molecule has 3 heterocycles. The Morgan fingerprint density at radius 3 is 2.39 bits per heavy atom. The number of para-hydroxylation sites is 2. The summed E-state index contributed by atoms with van der Waals surface area (Å²) in [4.78, 5) is 33.9. The van der Waals surface area contributed by atoms with Gasteiger partial charge in [0.15, 0.2) is 4.80 Å². The van der Waals surface area contributed by atoms with Gasteiger partial charge in [0.05, 0.1) is 21.8 Å². The van der Waals surface area contributed by atoms with Gasteiger partial charge in [-0.2, -0.15) is 0 Å². The number of thiazole rings is 1. The quantitative estimate of drug-likeness (QED) is 0.181. The SMILES string of the molecule is CC1=C(C(=O)Nc2ccccc2)[C@@H](c2ccc(C(C)C)cc2)n2c(s/c(=C\c3c(C)n(Cc4ccc(Cl)cc4Cl)c4ccccc34)c2=O)=N1. The predicted molar refractivity (Wildman–Crippen MR) is 202 cm³/mol. The number of amides is 1. The second-order valence-electron chi connectivity index (χ2n) is 12.6. The fourth-order valence-electron chi connectivity index (χ4n) is 6.51. The number of rotatable bonds is 7. The second kappa shape index (κ2) is 13.3. The van der Waals surface area contributed by atoms with Crippen molar-refractivity contribution in [2.24, 2.45) is 4.99 Å². The third-order valence-corrected chi connectivity index (χ3v) is 10.7. The molecule has 49 heavy (non-hydrogen) atoms. The molecule has 0 unspecified atom stereocenters. The third kappa shape index (κ3) is 6.19. The number of carbonyl (C=O) groups excluding carboxylic acids is 1. The number of carbonyl (C=O) groups is 1. The summed E-state index contributed by atoms with van der Waals surface area (Å²) in [6.45, 7) is 8.73. The zero-order valence-corrected chi connectivity index (χ0v) is 29.8. The van der Waals surface area contributed by atoms with Crippen LogP contribution < -0.4 is 20.2 Å². The lowest BCUT2D eigenvalue weighted by molar-refractivity contribution is -0.113. The van der Waals surface area contributed by atoms with Crippen LogP contribution >= 0.6 is 34.5 Å². The van der Waals surface area contributed by atoms with Crippen molar-refractivity contribution in [2.45, 2.75) is 46.2 Å². The molecular weight excluding hydrogens is 671 g/mol. The molecule has 0 aliphatic carbocycles. The van der Waals surface area contributed by atoms with Gasteiger partial charge >= 0.3 is 0 Å².